The van der Waals surface area contributed by atoms with Crippen molar-refractivity contribution in [1.29, 1.82) is 0 Å². The topological polar surface area (TPSA) is 63.6 Å². The Morgan fingerprint density at radius 1 is 1.47 bits per heavy atom. The van der Waals surface area contributed by atoms with Crippen LogP contribution in [-0.2, 0) is 14.6 Å². The molecule has 1 N–H and O–H groups in total. The molecular formula is C14H28O4S. The Kier molecular flexibility index (Phi) is 6.27. The van der Waals surface area contributed by atoms with Crippen LogP contribution in [-0.4, -0.2) is 43.8 Å². The van der Waals surface area contributed by atoms with E-state index in [0.29, 0.717) is 25.4 Å². The molecule has 0 radical (unpaired) electrons. The fourth-order valence-electron chi connectivity index (χ4n) is 3.16. The summed E-state index contributed by atoms with van der Waals surface area (Å²) in [5, 5.41) is 10.5. The van der Waals surface area contributed by atoms with Crippen molar-refractivity contribution in [3.05, 3.63) is 0 Å². The van der Waals surface area contributed by atoms with Gasteiger partial charge in [0, 0.05) is 18.6 Å². The molecule has 4 nitrogen and oxygen atoms in total. The van der Waals surface area contributed by atoms with Gasteiger partial charge in [-0.15, -0.1) is 0 Å². The number of hydrogen-bond acceptors (Lipinski definition) is 4. The van der Waals surface area contributed by atoms with Gasteiger partial charge in [-0.1, -0.05) is 19.8 Å². The summed E-state index contributed by atoms with van der Waals surface area (Å²) >= 11 is 0. The van der Waals surface area contributed by atoms with Crippen LogP contribution < -0.4 is 0 Å². The molecule has 19 heavy (non-hydrogen) atoms. The summed E-state index contributed by atoms with van der Waals surface area (Å²) < 4.78 is 28.2. The van der Waals surface area contributed by atoms with Crippen LogP contribution in [0.1, 0.15) is 52.4 Å². The second kappa shape index (κ2) is 7.04. The van der Waals surface area contributed by atoms with Gasteiger partial charge in [0.05, 0.1) is 11.7 Å². The van der Waals surface area contributed by atoms with Crippen LogP contribution in [0.2, 0.25) is 0 Å². The van der Waals surface area contributed by atoms with E-state index >= 15 is 0 Å². The molecule has 0 aromatic carbocycles. The zero-order valence-corrected chi connectivity index (χ0v) is 13.2. The first-order valence-corrected chi connectivity index (χ1v) is 9.35. The molecule has 3 atom stereocenters. The lowest BCUT2D eigenvalue weighted by Crippen LogP contribution is -2.48. The van der Waals surface area contributed by atoms with Gasteiger partial charge >= 0.3 is 0 Å². The molecule has 5 heteroatoms. The molecule has 1 fully saturated rings. The van der Waals surface area contributed by atoms with Crippen LogP contribution >= 0.6 is 0 Å². The molecular weight excluding hydrogens is 264 g/mol. The van der Waals surface area contributed by atoms with Crippen LogP contribution in [0, 0.1) is 5.92 Å². The van der Waals surface area contributed by atoms with E-state index in [-0.39, 0.29) is 5.75 Å². The first-order chi connectivity index (χ1) is 8.79. The van der Waals surface area contributed by atoms with Gasteiger partial charge in [0.2, 0.25) is 0 Å². The molecule has 1 aliphatic rings. The summed E-state index contributed by atoms with van der Waals surface area (Å²) in [6.45, 7) is 4.73. The number of rotatable bonds is 7. The highest BCUT2D eigenvalue weighted by atomic mass is 32.2. The third-order valence-corrected chi connectivity index (χ3v) is 5.05. The van der Waals surface area contributed by atoms with Gasteiger partial charge in [0.1, 0.15) is 9.84 Å². The van der Waals surface area contributed by atoms with E-state index in [1.807, 2.05) is 6.92 Å². The Balaban J connectivity index is 2.59. The van der Waals surface area contributed by atoms with Crippen molar-refractivity contribution in [3.8, 4) is 0 Å². The third-order valence-electron chi connectivity index (χ3n) is 4.02. The fourth-order valence-corrected chi connectivity index (χ4v) is 3.85. The summed E-state index contributed by atoms with van der Waals surface area (Å²) in [4.78, 5) is 0. The van der Waals surface area contributed by atoms with E-state index < -0.39 is 21.5 Å². The van der Waals surface area contributed by atoms with E-state index in [9.17, 15) is 13.5 Å². The maximum absolute atomic E-state index is 11.1. The number of sulfone groups is 1. The van der Waals surface area contributed by atoms with Crippen molar-refractivity contribution in [2.45, 2.75) is 64.1 Å². The lowest BCUT2D eigenvalue weighted by Gasteiger charge is -2.43. The van der Waals surface area contributed by atoms with Gasteiger partial charge in [0.15, 0.2) is 0 Å². The predicted molar refractivity (Wildman–Crippen MR) is 76.9 cm³/mol. The Labute approximate surface area is 117 Å². The molecule has 1 saturated carbocycles. The summed E-state index contributed by atoms with van der Waals surface area (Å²) in [7, 11) is -2.95. The number of aliphatic hydroxyl groups is 1. The average Bonchev–Trinajstić information content (AvgIpc) is 2.27. The monoisotopic (exact) mass is 292 g/mol. The lowest BCUT2D eigenvalue weighted by atomic mass is 9.74. The summed E-state index contributed by atoms with van der Waals surface area (Å²) in [5.41, 5.74) is -0.454. The zero-order valence-electron chi connectivity index (χ0n) is 12.4. The molecule has 0 heterocycles. The summed E-state index contributed by atoms with van der Waals surface area (Å²) in [5.74, 6) is 0.701. The van der Waals surface area contributed by atoms with Gasteiger partial charge in [-0.05, 0) is 38.5 Å². The molecule has 0 saturated heterocycles. The van der Waals surface area contributed by atoms with Crippen LogP contribution in [0.3, 0.4) is 0 Å². The van der Waals surface area contributed by atoms with Crippen LogP contribution in [0.25, 0.3) is 0 Å². The van der Waals surface area contributed by atoms with Crippen LogP contribution in [0.5, 0.6) is 0 Å². The molecule has 0 aromatic heterocycles. The normalized spacial score (nSPS) is 30.2. The molecule has 0 aliphatic heterocycles. The molecule has 0 amide bonds. The quantitative estimate of drug-likeness (QED) is 0.781. The number of ether oxygens (including phenoxy) is 1. The van der Waals surface area contributed by atoms with Gasteiger partial charge in [-0.25, -0.2) is 8.42 Å². The van der Waals surface area contributed by atoms with Crippen LogP contribution in [0.4, 0.5) is 0 Å². The fraction of sp³-hybridized carbons (Fsp3) is 1.00. The first-order valence-electron chi connectivity index (χ1n) is 7.29. The third kappa shape index (κ3) is 5.40. The van der Waals surface area contributed by atoms with Crippen molar-refractivity contribution in [2.24, 2.45) is 5.92 Å². The second-order valence-electron chi connectivity index (χ2n) is 5.99. The molecule has 3 unspecified atom stereocenters. The van der Waals surface area contributed by atoms with E-state index in [1.54, 1.807) is 0 Å². The first kappa shape index (κ1) is 16.9. The molecule has 0 spiro atoms. The zero-order chi connectivity index (χ0) is 14.5. The van der Waals surface area contributed by atoms with Crippen molar-refractivity contribution < 1.29 is 18.3 Å². The maximum atomic E-state index is 11.1. The van der Waals surface area contributed by atoms with E-state index in [0.717, 1.165) is 19.3 Å². The van der Waals surface area contributed by atoms with Gasteiger partial charge < -0.3 is 9.84 Å². The molecule has 114 valence electrons. The van der Waals surface area contributed by atoms with Gasteiger partial charge in [-0.2, -0.15) is 0 Å². The highest BCUT2D eigenvalue weighted by Crippen LogP contribution is 2.39. The van der Waals surface area contributed by atoms with E-state index in [2.05, 4.69) is 6.92 Å². The standard InChI is InChI=1S/C14H28O4S/c1-4-18-14(9-5-7-12(2)11-14)13(15)8-6-10-19(3,16)17/h12-13,15H,4-11H2,1-3H3. The minimum absolute atomic E-state index is 0.141. The SMILES string of the molecule is CCOC1(C(O)CCCS(C)(=O)=O)CCCC(C)C1. The largest absolute Gasteiger partial charge is 0.390 e. The van der Waals surface area contributed by atoms with Gasteiger partial charge in [0.25, 0.3) is 0 Å². The lowest BCUT2D eigenvalue weighted by molar-refractivity contribution is -0.149. The summed E-state index contributed by atoms with van der Waals surface area (Å²) in [6, 6.07) is 0. The van der Waals surface area contributed by atoms with E-state index in [1.165, 1.54) is 12.7 Å². The number of hydrogen-bond donors (Lipinski definition) is 1. The molecule has 1 aliphatic carbocycles. The molecule has 0 bridgehead atoms. The highest BCUT2D eigenvalue weighted by molar-refractivity contribution is 7.90. The summed E-state index contributed by atoms with van der Waals surface area (Å²) in [6.07, 6.45) is 5.70. The van der Waals surface area contributed by atoms with Crippen molar-refractivity contribution >= 4 is 9.84 Å². The van der Waals surface area contributed by atoms with E-state index in [4.69, 9.17) is 4.74 Å². The Hall–Kier alpha value is -0.130. The number of aliphatic hydroxyl groups excluding tert-OH is 1. The van der Waals surface area contributed by atoms with Crippen molar-refractivity contribution in [2.75, 3.05) is 18.6 Å². The minimum Gasteiger partial charge on any atom is -0.390 e. The Bertz CT molecular complexity index is 362. The Morgan fingerprint density at radius 2 is 2.16 bits per heavy atom. The minimum atomic E-state index is -2.95. The predicted octanol–water partition coefficient (Wildman–Crippen LogP) is 2.16. The van der Waals surface area contributed by atoms with Gasteiger partial charge in [-0.3, -0.25) is 0 Å². The second-order valence-corrected chi connectivity index (χ2v) is 8.25. The van der Waals surface area contributed by atoms with Crippen molar-refractivity contribution in [1.82, 2.24) is 0 Å². The molecule has 0 aromatic rings. The maximum Gasteiger partial charge on any atom is 0.147 e. The smallest absolute Gasteiger partial charge is 0.147 e. The Morgan fingerprint density at radius 3 is 2.68 bits per heavy atom. The molecule has 1 rings (SSSR count). The van der Waals surface area contributed by atoms with Crippen molar-refractivity contribution in [3.63, 3.8) is 0 Å². The average molecular weight is 292 g/mol. The van der Waals surface area contributed by atoms with Crippen LogP contribution in [0.15, 0.2) is 0 Å². The highest BCUT2D eigenvalue weighted by Gasteiger charge is 2.41.